The van der Waals surface area contributed by atoms with Crippen molar-refractivity contribution in [2.24, 2.45) is 5.73 Å². The lowest BCUT2D eigenvalue weighted by atomic mass is 9.99. The van der Waals surface area contributed by atoms with E-state index in [2.05, 4.69) is 10.4 Å². The molecule has 0 radical (unpaired) electrons. The van der Waals surface area contributed by atoms with Crippen LogP contribution in [0.3, 0.4) is 0 Å². The van der Waals surface area contributed by atoms with Crippen LogP contribution in [0.2, 0.25) is 0 Å². The topological polar surface area (TPSA) is 136 Å². The number of benzene rings is 3. The molecule has 1 saturated heterocycles. The van der Waals surface area contributed by atoms with Crippen molar-refractivity contribution in [3.05, 3.63) is 112 Å². The predicted octanol–water partition coefficient (Wildman–Crippen LogP) is 5.84. The van der Waals surface area contributed by atoms with Gasteiger partial charge in [-0.1, -0.05) is 37.3 Å². The Morgan fingerprint density at radius 3 is 2.53 bits per heavy atom. The van der Waals surface area contributed by atoms with Gasteiger partial charge in [0.15, 0.2) is 5.65 Å². The highest BCUT2D eigenvalue weighted by atomic mass is 19.1. The number of nitrogens with one attached hydrogen (secondary N) is 1. The first-order chi connectivity index (χ1) is 23.8. The molecule has 254 valence electrons. The summed E-state index contributed by atoms with van der Waals surface area (Å²) in [5.74, 6) is -1.36. The Balaban J connectivity index is 1.46. The fourth-order valence-electron chi connectivity index (χ4n) is 6.41. The SMILES string of the molecule is CCc1nc2c(cnn2CC)c(NC2CCOCC2)c1CN(Cc1ccc(F)c(-c2cccc(CO)c2)c1)C(=O)c1cccc(C(N)=O)c1. The van der Waals surface area contributed by atoms with E-state index in [0.717, 1.165) is 40.8 Å². The number of anilines is 1. The molecule has 0 unspecified atom stereocenters. The summed E-state index contributed by atoms with van der Waals surface area (Å²) >= 11 is 0. The molecule has 5 aromatic rings. The number of nitrogens with zero attached hydrogens (tertiary/aromatic N) is 4. The molecule has 1 aliphatic heterocycles. The quantitative estimate of drug-likeness (QED) is 0.152. The van der Waals surface area contributed by atoms with E-state index in [-0.39, 0.29) is 37.2 Å². The highest BCUT2D eigenvalue weighted by Crippen LogP contribution is 2.33. The van der Waals surface area contributed by atoms with Crippen LogP contribution in [0.1, 0.15) is 69.8 Å². The normalized spacial score (nSPS) is 13.5. The number of hydrogen-bond acceptors (Lipinski definition) is 7. The smallest absolute Gasteiger partial charge is 0.254 e. The van der Waals surface area contributed by atoms with Crippen LogP contribution in [0.15, 0.2) is 72.9 Å². The highest BCUT2D eigenvalue weighted by Gasteiger charge is 2.26. The number of carbonyl (C=O) groups excluding carboxylic acids is 2. The summed E-state index contributed by atoms with van der Waals surface area (Å²) in [5.41, 5.74) is 11.8. The fourth-order valence-corrected chi connectivity index (χ4v) is 6.41. The van der Waals surface area contributed by atoms with Crippen LogP contribution in [0.25, 0.3) is 22.2 Å². The number of primary amides is 1. The lowest BCUT2D eigenvalue weighted by molar-refractivity contribution is 0.0729. The monoisotopic (exact) mass is 664 g/mol. The summed E-state index contributed by atoms with van der Waals surface area (Å²) in [7, 11) is 0. The number of aliphatic hydroxyl groups is 1. The van der Waals surface area contributed by atoms with Gasteiger partial charge in [-0.25, -0.2) is 14.1 Å². The zero-order valence-electron chi connectivity index (χ0n) is 27.8. The van der Waals surface area contributed by atoms with Gasteiger partial charge in [-0.15, -0.1) is 0 Å². The Morgan fingerprint density at radius 1 is 1.02 bits per heavy atom. The minimum Gasteiger partial charge on any atom is -0.392 e. The summed E-state index contributed by atoms with van der Waals surface area (Å²) in [6.07, 6.45) is 4.12. The van der Waals surface area contributed by atoms with Crippen molar-refractivity contribution in [1.82, 2.24) is 19.7 Å². The van der Waals surface area contributed by atoms with Crippen molar-refractivity contribution in [2.45, 2.75) is 65.4 Å². The second kappa shape index (κ2) is 15.0. The van der Waals surface area contributed by atoms with Gasteiger partial charge in [-0.05, 0) is 79.3 Å². The molecule has 2 aromatic heterocycles. The molecule has 6 rings (SSSR count). The van der Waals surface area contributed by atoms with E-state index in [4.69, 9.17) is 15.5 Å². The second-order valence-electron chi connectivity index (χ2n) is 12.3. The van der Waals surface area contributed by atoms with E-state index in [1.807, 2.05) is 24.7 Å². The first-order valence-corrected chi connectivity index (χ1v) is 16.7. The maximum Gasteiger partial charge on any atom is 0.254 e. The van der Waals surface area contributed by atoms with Crippen molar-refractivity contribution in [3.63, 3.8) is 0 Å². The van der Waals surface area contributed by atoms with Crippen molar-refractivity contribution < 1.29 is 23.8 Å². The molecule has 0 bridgehead atoms. The van der Waals surface area contributed by atoms with E-state index in [0.29, 0.717) is 54.0 Å². The maximum atomic E-state index is 15.3. The van der Waals surface area contributed by atoms with Crippen LogP contribution in [0.4, 0.5) is 10.1 Å². The lowest BCUT2D eigenvalue weighted by Gasteiger charge is -2.29. The average molecular weight is 665 g/mol. The van der Waals surface area contributed by atoms with Gasteiger partial charge in [-0.3, -0.25) is 9.59 Å². The molecule has 0 atom stereocenters. The Labute approximate surface area is 284 Å². The number of aryl methyl sites for hydroxylation is 2. The molecule has 0 aliphatic carbocycles. The number of carbonyl (C=O) groups is 2. The molecule has 11 heteroatoms. The van der Waals surface area contributed by atoms with Crippen molar-refractivity contribution in [3.8, 4) is 11.1 Å². The first-order valence-electron chi connectivity index (χ1n) is 16.7. The van der Waals surface area contributed by atoms with Gasteiger partial charge in [-0.2, -0.15) is 5.10 Å². The van der Waals surface area contributed by atoms with Crippen LogP contribution in [0, 0.1) is 5.82 Å². The molecule has 3 aromatic carbocycles. The number of hydrogen-bond donors (Lipinski definition) is 3. The Kier molecular flexibility index (Phi) is 10.3. The number of ether oxygens (including phenoxy) is 1. The van der Waals surface area contributed by atoms with Crippen molar-refractivity contribution in [1.29, 1.82) is 0 Å². The van der Waals surface area contributed by atoms with E-state index in [1.165, 1.54) is 12.1 Å². The Bertz CT molecular complexity index is 1990. The number of aliphatic hydroxyl groups excluding tert-OH is 1. The lowest BCUT2D eigenvalue weighted by Crippen LogP contribution is -2.33. The zero-order valence-corrected chi connectivity index (χ0v) is 27.8. The molecule has 0 spiro atoms. The summed E-state index contributed by atoms with van der Waals surface area (Å²) in [6, 6.07) is 18.4. The van der Waals surface area contributed by atoms with Crippen molar-refractivity contribution >= 4 is 28.5 Å². The number of nitrogens with two attached hydrogens (primary N) is 1. The number of aromatic nitrogens is 3. The summed E-state index contributed by atoms with van der Waals surface area (Å²) in [4.78, 5) is 33.3. The van der Waals surface area contributed by atoms with E-state index in [1.54, 1.807) is 59.5 Å². The molecule has 2 amide bonds. The van der Waals surface area contributed by atoms with Crippen LogP contribution in [-0.2, 0) is 37.4 Å². The number of pyridine rings is 1. The van der Waals surface area contributed by atoms with Gasteiger partial charge >= 0.3 is 0 Å². The first kappa shape index (κ1) is 33.8. The van der Waals surface area contributed by atoms with Crippen LogP contribution in [-0.4, -0.2) is 55.8 Å². The molecule has 10 nitrogen and oxygen atoms in total. The third kappa shape index (κ3) is 7.33. The van der Waals surface area contributed by atoms with Gasteiger partial charge < -0.3 is 25.8 Å². The van der Waals surface area contributed by atoms with E-state index >= 15 is 4.39 Å². The maximum absolute atomic E-state index is 15.3. The number of fused-ring (bicyclic) bond motifs is 1. The van der Waals surface area contributed by atoms with Gasteiger partial charge in [0.2, 0.25) is 5.91 Å². The van der Waals surface area contributed by atoms with Crippen LogP contribution < -0.4 is 11.1 Å². The number of amides is 2. The van der Waals surface area contributed by atoms with Gasteiger partial charge in [0.1, 0.15) is 5.82 Å². The Hall–Kier alpha value is -5.13. The standard InChI is InChI=1S/C38H41FN6O4/c1-3-34-32(35(42-29-13-15-49-16-14-29)31-20-41-45(4-2)37(31)43-34)22-44(38(48)28-10-6-9-27(19-28)36(40)47)21-24-11-12-33(39)30(18-24)26-8-5-7-25(17-26)23-46/h5-12,17-20,29,46H,3-4,13-16,21-23H2,1-2H3,(H2,40,47)(H,42,43). The summed E-state index contributed by atoms with van der Waals surface area (Å²) < 4.78 is 22.8. The average Bonchev–Trinajstić information content (AvgIpc) is 3.55. The second-order valence-corrected chi connectivity index (χ2v) is 12.3. The van der Waals surface area contributed by atoms with Gasteiger partial charge in [0, 0.05) is 60.3 Å². The minimum absolute atomic E-state index is 0.138. The number of halogens is 1. The van der Waals surface area contributed by atoms with Crippen molar-refractivity contribution in [2.75, 3.05) is 18.5 Å². The predicted molar refractivity (Wildman–Crippen MR) is 186 cm³/mol. The minimum atomic E-state index is -0.631. The third-order valence-electron chi connectivity index (χ3n) is 9.03. The molecule has 3 heterocycles. The molecule has 0 saturated carbocycles. The zero-order chi connectivity index (χ0) is 34.5. The fraction of sp³-hybridized carbons (Fsp3) is 0.316. The molecular weight excluding hydrogens is 623 g/mol. The molecular formula is C38H41FN6O4. The largest absolute Gasteiger partial charge is 0.392 e. The highest BCUT2D eigenvalue weighted by molar-refractivity contribution is 5.99. The van der Waals surface area contributed by atoms with E-state index in [9.17, 15) is 14.7 Å². The third-order valence-corrected chi connectivity index (χ3v) is 9.03. The summed E-state index contributed by atoms with van der Waals surface area (Å²) in [5, 5.41) is 18.9. The van der Waals surface area contributed by atoms with E-state index < -0.39 is 11.7 Å². The van der Waals surface area contributed by atoms with Crippen LogP contribution in [0.5, 0.6) is 0 Å². The molecule has 49 heavy (non-hydrogen) atoms. The van der Waals surface area contributed by atoms with Gasteiger partial charge in [0.05, 0.1) is 30.4 Å². The molecule has 1 fully saturated rings. The molecule has 1 aliphatic rings. The van der Waals surface area contributed by atoms with Gasteiger partial charge in [0.25, 0.3) is 5.91 Å². The molecule has 4 N–H and O–H groups in total. The summed E-state index contributed by atoms with van der Waals surface area (Å²) in [6.45, 7) is 6.19. The number of rotatable bonds is 12. The Morgan fingerprint density at radius 2 is 1.80 bits per heavy atom. The van der Waals surface area contributed by atoms with Crippen LogP contribution >= 0.6 is 0 Å².